The van der Waals surface area contributed by atoms with E-state index in [9.17, 15) is 9.59 Å². The maximum absolute atomic E-state index is 13.6. The van der Waals surface area contributed by atoms with Gasteiger partial charge in [-0.1, -0.05) is 55.7 Å². The summed E-state index contributed by atoms with van der Waals surface area (Å²) in [7, 11) is 0. The molecule has 5 rings (SSSR count). The number of amides is 2. The first-order valence-electron chi connectivity index (χ1n) is 11.4. The molecule has 0 aromatic heterocycles. The summed E-state index contributed by atoms with van der Waals surface area (Å²) in [4.78, 5) is 28.1. The molecule has 1 saturated carbocycles. The summed E-state index contributed by atoms with van der Waals surface area (Å²) >= 11 is 0. The Labute approximate surface area is 188 Å². The molecule has 0 spiro atoms. The highest BCUT2D eigenvalue weighted by molar-refractivity contribution is 6.15. The molecule has 0 bridgehead atoms. The number of rotatable bonds is 5. The van der Waals surface area contributed by atoms with Crippen LogP contribution in [0.3, 0.4) is 0 Å². The Balaban J connectivity index is 1.49. The molecule has 1 atom stereocenters. The summed E-state index contributed by atoms with van der Waals surface area (Å²) in [5.41, 5.74) is 0.564. The minimum Gasteiger partial charge on any atom is -0.486 e. The van der Waals surface area contributed by atoms with Gasteiger partial charge in [0.05, 0.1) is 6.42 Å². The third-order valence-corrected chi connectivity index (χ3v) is 6.54. The third-order valence-electron chi connectivity index (χ3n) is 6.54. The second-order valence-corrected chi connectivity index (χ2v) is 8.71. The summed E-state index contributed by atoms with van der Waals surface area (Å²) in [6.45, 7) is 0.966. The van der Waals surface area contributed by atoms with E-state index in [0.717, 1.165) is 31.2 Å². The Morgan fingerprint density at radius 1 is 1.00 bits per heavy atom. The van der Waals surface area contributed by atoms with Crippen molar-refractivity contribution in [2.45, 2.75) is 50.1 Å². The van der Waals surface area contributed by atoms with Gasteiger partial charge in [-0.05, 0) is 36.6 Å². The van der Waals surface area contributed by atoms with Crippen LogP contribution in [-0.4, -0.2) is 36.6 Å². The topological polar surface area (TPSA) is 67.9 Å². The first kappa shape index (κ1) is 20.6. The molecule has 2 aliphatic heterocycles. The van der Waals surface area contributed by atoms with Crippen LogP contribution in [0.1, 0.15) is 44.1 Å². The number of anilines is 1. The van der Waals surface area contributed by atoms with Crippen LogP contribution in [0.5, 0.6) is 11.5 Å². The molecule has 1 N–H and O–H groups in total. The van der Waals surface area contributed by atoms with Gasteiger partial charge in [0, 0.05) is 17.8 Å². The van der Waals surface area contributed by atoms with Crippen LogP contribution < -0.4 is 19.7 Å². The van der Waals surface area contributed by atoms with Crippen LogP contribution in [0, 0.1) is 0 Å². The van der Waals surface area contributed by atoms with E-state index >= 15 is 0 Å². The number of carbonyl (C=O) groups excluding carboxylic acids is 2. The molecule has 2 fully saturated rings. The van der Waals surface area contributed by atoms with Crippen molar-refractivity contribution in [1.82, 2.24) is 5.32 Å². The van der Waals surface area contributed by atoms with E-state index in [1.165, 1.54) is 6.42 Å². The standard InChI is InChI=1S/C26H28N2O4/c29-24-18-26(14-13-19-7-3-1-4-8-19,25(30)27-20-9-5-2-6-10-20)28(24)21-11-12-22-23(17-21)32-16-15-31-22/h1,3-4,7-8,11-14,17,20H,2,5-6,9-10,15-16,18H2,(H,27,30)/b14-13+. The number of nitrogens with zero attached hydrogens (tertiary/aromatic N) is 1. The smallest absolute Gasteiger partial charge is 0.251 e. The fourth-order valence-electron chi connectivity index (χ4n) is 4.81. The van der Waals surface area contributed by atoms with Gasteiger partial charge >= 0.3 is 0 Å². The summed E-state index contributed by atoms with van der Waals surface area (Å²) < 4.78 is 11.3. The Morgan fingerprint density at radius 3 is 2.50 bits per heavy atom. The van der Waals surface area contributed by atoms with Crippen molar-refractivity contribution in [1.29, 1.82) is 0 Å². The molecular weight excluding hydrogens is 404 g/mol. The van der Waals surface area contributed by atoms with Crippen molar-refractivity contribution in [3.8, 4) is 11.5 Å². The molecule has 3 aliphatic rings. The monoisotopic (exact) mass is 432 g/mol. The third kappa shape index (κ3) is 3.85. The van der Waals surface area contributed by atoms with Gasteiger partial charge in [0.25, 0.3) is 5.91 Å². The predicted molar refractivity (Wildman–Crippen MR) is 123 cm³/mol. The van der Waals surface area contributed by atoms with E-state index in [0.29, 0.717) is 30.4 Å². The van der Waals surface area contributed by atoms with Crippen molar-refractivity contribution >= 4 is 23.6 Å². The number of hydrogen-bond acceptors (Lipinski definition) is 4. The summed E-state index contributed by atoms with van der Waals surface area (Å²) in [6, 6.07) is 15.4. The molecule has 6 heteroatoms. The van der Waals surface area contributed by atoms with Crippen molar-refractivity contribution in [2.24, 2.45) is 0 Å². The lowest BCUT2D eigenvalue weighted by Gasteiger charge is -2.49. The summed E-state index contributed by atoms with van der Waals surface area (Å²) in [5.74, 6) is 1.05. The van der Waals surface area contributed by atoms with Crippen molar-refractivity contribution in [3.05, 3.63) is 60.2 Å². The second kappa shape index (κ2) is 8.69. The first-order chi connectivity index (χ1) is 15.7. The Kier molecular flexibility index (Phi) is 5.60. The molecule has 32 heavy (non-hydrogen) atoms. The minimum atomic E-state index is -1.06. The van der Waals surface area contributed by atoms with Crippen molar-refractivity contribution in [3.63, 3.8) is 0 Å². The molecule has 0 radical (unpaired) electrons. The average molecular weight is 433 g/mol. The molecule has 166 valence electrons. The van der Waals surface area contributed by atoms with Gasteiger partial charge in [-0.25, -0.2) is 0 Å². The highest BCUT2D eigenvalue weighted by Gasteiger charge is 2.56. The van der Waals surface area contributed by atoms with Crippen LogP contribution in [0.4, 0.5) is 5.69 Å². The number of β-lactam (4-membered cyclic amide) rings is 1. The first-order valence-corrected chi connectivity index (χ1v) is 11.4. The molecule has 2 aromatic rings. The van der Waals surface area contributed by atoms with Gasteiger partial charge < -0.3 is 14.8 Å². The van der Waals surface area contributed by atoms with E-state index in [1.54, 1.807) is 17.0 Å². The Morgan fingerprint density at radius 2 is 1.75 bits per heavy atom. The van der Waals surface area contributed by atoms with Crippen molar-refractivity contribution < 1.29 is 19.1 Å². The molecule has 2 amide bonds. The second-order valence-electron chi connectivity index (χ2n) is 8.71. The lowest BCUT2D eigenvalue weighted by atomic mass is 9.80. The molecule has 2 aromatic carbocycles. The Hall–Kier alpha value is -3.28. The summed E-state index contributed by atoms with van der Waals surface area (Å²) in [5, 5.41) is 3.24. The van der Waals surface area contributed by atoms with Crippen LogP contribution in [0.2, 0.25) is 0 Å². The van der Waals surface area contributed by atoms with Gasteiger partial charge in [-0.15, -0.1) is 0 Å². The lowest BCUT2D eigenvalue weighted by Crippen LogP contribution is -2.70. The van der Waals surface area contributed by atoms with Gasteiger partial charge in [-0.3, -0.25) is 14.5 Å². The molecule has 6 nitrogen and oxygen atoms in total. The SMILES string of the molecule is O=C1CC(/C=C/c2ccccc2)(C(=O)NC2CCCCC2)N1c1ccc2c(c1)OCCO2. The van der Waals surface area contributed by atoms with Crippen LogP contribution in [-0.2, 0) is 9.59 Å². The zero-order valence-electron chi connectivity index (χ0n) is 18.1. The van der Waals surface area contributed by atoms with Gasteiger partial charge in [0.2, 0.25) is 5.91 Å². The van der Waals surface area contributed by atoms with E-state index in [-0.39, 0.29) is 24.3 Å². The number of hydrogen-bond donors (Lipinski definition) is 1. The fourth-order valence-corrected chi connectivity index (χ4v) is 4.81. The van der Waals surface area contributed by atoms with E-state index in [4.69, 9.17) is 9.47 Å². The molecule has 1 unspecified atom stereocenters. The normalized spacial score (nSPS) is 23.1. The fraction of sp³-hybridized carbons (Fsp3) is 0.385. The quantitative estimate of drug-likeness (QED) is 0.723. The Bertz CT molecular complexity index is 1030. The lowest BCUT2D eigenvalue weighted by molar-refractivity contribution is -0.137. The van der Waals surface area contributed by atoms with E-state index in [2.05, 4.69) is 5.32 Å². The largest absolute Gasteiger partial charge is 0.486 e. The van der Waals surface area contributed by atoms with Gasteiger partial charge in [0.1, 0.15) is 13.2 Å². The molecular formula is C26H28N2O4. The zero-order chi connectivity index (χ0) is 22.0. The van der Waals surface area contributed by atoms with Crippen LogP contribution in [0.15, 0.2) is 54.6 Å². The number of nitrogens with one attached hydrogen (secondary N) is 1. The van der Waals surface area contributed by atoms with Crippen LogP contribution >= 0.6 is 0 Å². The predicted octanol–water partition coefficient (Wildman–Crippen LogP) is 4.10. The average Bonchev–Trinajstić information content (AvgIpc) is 2.82. The highest BCUT2D eigenvalue weighted by atomic mass is 16.6. The van der Waals surface area contributed by atoms with E-state index in [1.807, 2.05) is 48.6 Å². The highest BCUT2D eigenvalue weighted by Crippen LogP contribution is 2.43. The van der Waals surface area contributed by atoms with E-state index < -0.39 is 5.54 Å². The number of fused-ring (bicyclic) bond motifs is 1. The van der Waals surface area contributed by atoms with Gasteiger partial charge in [0.15, 0.2) is 17.0 Å². The molecule has 1 aliphatic carbocycles. The maximum Gasteiger partial charge on any atom is 0.251 e. The molecule has 1 saturated heterocycles. The van der Waals surface area contributed by atoms with Crippen LogP contribution in [0.25, 0.3) is 6.08 Å². The number of ether oxygens (including phenoxy) is 2. The number of benzene rings is 2. The van der Waals surface area contributed by atoms with Crippen molar-refractivity contribution in [2.75, 3.05) is 18.1 Å². The molecule has 2 heterocycles. The maximum atomic E-state index is 13.6. The minimum absolute atomic E-state index is 0.0850. The van der Waals surface area contributed by atoms with Gasteiger partial charge in [-0.2, -0.15) is 0 Å². The zero-order valence-corrected chi connectivity index (χ0v) is 18.1. The number of carbonyl (C=O) groups is 2. The summed E-state index contributed by atoms with van der Waals surface area (Å²) in [6.07, 6.45) is 9.39.